The van der Waals surface area contributed by atoms with E-state index in [2.05, 4.69) is 46.6 Å². The van der Waals surface area contributed by atoms with Crippen molar-refractivity contribution in [1.29, 1.82) is 0 Å². The number of aryl methyl sites for hydroxylation is 2. The third kappa shape index (κ3) is 3.16. The number of unbranched alkanes of at least 4 members (excludes halogenated alkanes) is 2. The van der Waals surface area contributed by atoms with E-state index in [-0.39, 0.29) is 5.92 Å². The Hall–Kier alpha value is -1.22. The molecule has 1 aromatic carbocycles. The van der Waals surface area contributed by atoms with Gasteiger partial charge in [0.05, 0.1) is 0 Å². The van der Waals surface area contributed by atoms with E-state index in [9.17, 15) is 0 Å². The fourth-order valence-corrected chi connectivity index (χ4v) is 2.66. The topological polar surface area (TPSA) is 0 Å². The Bertz CT molecular complexity index is 420. The second-order valence-electron chi connectivity index (χ2n) is 5.37. The van der Waals surface area contributed by atoms with Crippen molar-refractivity contribution < 1.29 is 0 Å². The van der Waals surface area contributed by atoms with Crippen LogP contribution in [0.15, 0.2) is 6.07 Å². The van der Waals surface area contributed by atoms with Crippen LogP contribution in [0.1, 0.15) is 66.3 Å². The largest absolute Gasteiger partial charge is 0.0809 e. The molecule has 0 heterocycles. The molecule has 0 N–H and O–H groups in total. The molecule has 0 fully saturated rings. The first kappa shape index (κ1) is 14.8. The molecule has 0 saturated carbocycles. The summed E-state index contributed by atoms with van der Waals surface area (Å²) in [6.07, 6.45) is 12.4. The van der Waals surface area contributed by atoms with Crippen LogP contribution in [0.5, 0.6) is 0 Å². The first-order chi connectivity index (χ1) is 8.52. The van der Waals surface area contributed by atoms with E-state index in [4.69, 9.17) is 6.42 Å². The molecule has 0 nitrogen and oxygen atoms in total. The second kappa shape index (κ2) is 6.64. The molecule has 0 bridgehead atoms. The Labute approximate surface area is 113 Å². The van der Waals surface area contributed by atoms with Crippen molar-refractivity contribution >= 4 is 0 Å². The van der Waals surface area contributed by atoms with Crippen molar-refractivity contribution in [2.24, 2.45) is 0 Å². The third-order valence-corrected chi connectivity index (χ3v) is 4.04. The predicted molar refractivity (Wildman–Crippen MR) is 79.4 cm³/mol. The third-order valence-electron chi connectivity index (χ3n) is 4.04. The van der Waals surface area contributed by atoms with Crippen LogP contribution in [0.4, 0.5) is 0 Å². The fourth-order valence-electron chi connectivity index (χ4n) is 2.66. The van der Waals surface area contributed by atoms with Crippen molar-refractivity contribution in [1.82, 2.24) is 0 Å². The van der Waals surface area contributed by atoms with Crippen LogP contribution in [0.2, 0.25) is 0 Å². The molecule has 18 heavy (non-hydrogen) atoms. The van der Waals surface area contributed by atoms with Gasteiger partial charge in [0, 0.05) is 5.92 Å². The van der Waals surface area contributed by atoms with Crippen LogP contribution in [-0.2, 0) is 0 Å². The molecule has 0 amide bonds. The van der Waals surface area contributed by atoms with Crippen molar-refractivity contribution in [2.45, 2.75) is 66.2 Å². The Kier molecular flexibility index (Phi) is 5.48. The number of rotatable bonds is 5. The molecule has 0 spiro atoms. The van der Waals surface area contributed by atoms with Gasteiger partial charge in [0.15, 0.2) is 0 Å². The van der Waals surface area contributed by atoms with E-state index in [1.54, 1.807) is 0 Å². The maximum atomic E-state index is 7.62. The van der Waals surface area contributed by atoms with Gasteiger partial charge in [-0.2, -0.15) is 0 Å². The van der Waals surface area contributed by atoms with Gasteiger partial charge in [-0.25, -0.2) is 0 Å². The summed E-state index contributed by atoms with van der Waals surface area (Å²) in [4.78, 5) is 0. The monoisotopic (exact) mass is 241 g/mol. The SMILES string of the molecule is [C]#CC(CCCCC)c1c(C)c(C)cc(C)c1C. The summed E-state index contributed by atoms with van der Waals surface area (Å²) in [5, 5.41) is 0. The first-order valence-electron chi connectivity index (χ1n) is 7.02. The van der Waals surface area contributed by atoms with Gasteiger partial charge in [0.1, 0.15) is 0 Å². The Morgan fingerprint density at radius 1 is 1.06 bits per heavy atom. The molecule has 1 radical (unpaired) electrons. The van der Waals surface area contributed by atoms with Gasteiger partial charge in [0.25, 0.3) is 0 Å². The van der Waals surface area contributed by atoms with Gasteiger partial charge in [-0.15, -0.1) is 0 Å². The molecule has 1 aromatic rings. The molecule has 1 atom stereocenters. The minimum atomic E-state index is 0.176. The molecule has 0 aliphatic rings. The fraction of sp³-hybridized carbons (Fsp3) is 0.556. The molecule has 0 aliphatic heterocycles. The summed E-state index contributed by atoms with van der Waals surface area (Å²) in [5.41, 5.74) is 6.71. The standard InChI is InChI=1S/C18H25/c1-7-9-10-11-17(8-2)18-15(5)13(3)12-14(4)16(18)6/h12,17H,7,9-11H2,1,3-6H3. The van der Waals surface area contributed by atoms with E-state index in [1.807, 2.05) is 0 Å². The van der Waals surface area contributed by atoms with E-state index >= 15 is 0 Å². The van der Waals surface area contributed by atoms with Gasteiger partial charge >= 0.3 is 0 Å². The number of benzene rings is 1. The molecule has 0 saturated heterocycles. The van der Waals surface area contributed by atoms with Crippen LogP contribution in [0, 0.1) is 40.0 Å². The molecule has 97 valence electrons. The van der Waals surface area contributed by atoms with Gasteiger partial charge in [0.2, 0.25) is 0 Å². The predicted octanol–water partition coefficient (Wildman–Crippen LogP) is 5.17. The summed E-state index contributed by atoms with van der Waals surface area (Å²) < 4.78 is 0. The Morgan fingerprint density at radius 2 is 1.61 bits per heavy atom. The minimum Gasteiger partial charge on any atom is -0.0809 e. The summed E-state index contributed by atoms with van der Waals surface area (Å²) in [6, 6.07) is 2.25. The minimum absolute atomic E-state index is 0.176. The maximum absolute atomic E-state index is 7.62. The summed E-state index contributed by atoms with van der Waals surface area (Å²) in [7, 11) is 0. The maximum Gasteiger partial charge on any atom is 0.0467 e. The highest BCUT2D eigenvalue weighted by molar-refractivity contribution is 5.47. The van der Waals surface area contributed by atoms with Crippen molar-refractivity contribution in [3.63, 3.8) is 0 Å². The smallest absolute Gasteiger partial charge is 0.0467 e. The van der Waals surface area contributed by atoms with Gasteiger partial charge in [-0.3, -0.25) is 0 Å². The van der Waals surface area contributed by atoms with Crippen molar-refractivity contribution in [3.8, 4) is 5.92 Å². The lowest BCUT2D eigenvalue weighted by Gasteiger charge is -2.20. The second-order valence-corrected chi connectivity index (χ2v) is 5.37. The van der Waals surface area contributed by atoms with Gasteiger partial charge in [-0.05, 0) is 68.4 Å². The lowest BCUT2D eigenvalue weighted by Crippen LogP contribution is -2.05. The highest BCUT2D eigenvalue weighted by atomic mass is 14.2. The summed E-state index contributed by atoms with van der Waals surface area (Å²) in [6.45, 7) is 10.9. The highest BCUT2D eigenvalue weighted by Crippen LogP contribution is 2.31. The molecular weight excluding hydrogens is 216 g/mol. The zero-order chi connectivity index (χ0) is 13.7. The Morgan fingerprint density at radius 3 is 2.06 bits per heavy atom. The zero-order valence-electron chi connectivity index (χ0n) is 12.5. The van der Waals surface area contributed by atoms with Crippen LogP contribution < -0.4 is 0 Å². The van der Waals surface area contributed by atoms with Crippen LogP contribution in [-0.4, -0.2) is 0 Å². The van der Waals surface area contributed by atoms with E-state index < -0.39 is 0 Å². The van der Waals surface area contributed by atoms with Crippen LogP contribution in [0.3, 0.4) is 0 Å². The van der Waals surface area contributed by atoms with Crippen molar-refractivity contribution in [2.75, 3.05) is 0 Å². The molecular formula is C18H25. The average molecular weight is 241 g/mol. The zero-order valence-corrected chi connectivity index (χ0v) is 12.5. The summed E-state index contributed by atoms with van der Waals surface area (Å²) in [5.74, 6) is 2.94. The number of hydrogen-bond donors (Lipinski definition) is 0. The van der Waals surface area contributed by atoms with Crippen LogP contribution in [0.25, 0.3) is 0 Å². The highest BCUT2D eigenvalue weighted by Gasteiger charge is 2.16. The molecule has 1 rings (SSSR count). The Balaban J connectivity index is 3.09. The average Bonchev–Trinajstić information content (AvgIpc) is 2.35. The molecule has 0 aliphatic carbocycles. The lowest BCUT2D eigenvalue weighted by atomic mass is 9.84. The van der Waals surface area contributed by atoms with Gasteiger partial charge in [-0.1, -0.05) is 38.2 Å². The molecule has 0 heteroatoms. The van der Waals surface area contributed by atoms with Crippen molar-refractivity contribution in [3.05, 3.63) is 40.3 Å². The van der Waals surface area contributed by atoms with E-state index in [0.29, 0.717) is 0 Å². The van der Waals surface area contributed by atoms with Crippen LogP contribution >= 0.6 is 0 Å². The molecule has 1 unspecified atom stereocenters. The normalized spacial score (nSPS) is 12.2. The van der Waals surface area contributed by atoms with E-state index in [1.165, 1.54) is 47.1 Å². The van der Waals surface area contributed by atoms with E-state index in [0.717, 1.165) is 6.42 Å². The van der Waals surface area contributed by atoms with Gasteiger partial charge < -0.3 is 0 Å². The first-order valence-corrected chi connectivity index (χ1v) is 7.02. The lowest BCUT2D eigenvalue weighted by molar-refractivity contribution is 0.633. The molecule has 0 aromatic heterocycles. The quantitative estimate of drug-likeness (QED) is 0.492. The summed E-state index contributed by atoms with van der Waals surface area (Å²) >= 11 is 0. The number of hydrogen-bond acceptors (Lipinski definition) is 0.